The number of rotatable bonds is 17. The molecule has 2 amide bonds. The van der Waals surface area contributed by atoms with E-state index in [0.29, 0.717) is 43.3 Å². The molecule has 45 heavy (non-hydrogen) atoms. The number of aliphatic hydroxyl groups excluding tert-OH is 1. The highest BCUT2D eigenvalue weighted by atomic mass is 19.1. The molecule has 0 aliphatic carbocycles. The van der Waals surface area contributed by atoms with E-state index in [2.05, 4.69) is 24.5 Å². The van der Waals surface area contributed by atoms with Gasteiger partial charge in [0.05, 0.1) is 18.8 Å². The van der Waals surface area contributed by atoms with Gasteiger partial charge in [-0.3, -0.25) is 9.59 Å². The van der Waals surface area contributed by atoms with Gasteiger partial charge in [-0.1, -0.05) is 39.8 Å². The molecule has 3 aromatic rings. The van der Waals surface area contributed by atoms with E-state index in [0.717, 1.165) is 35.8 Å². The minimum atomic E-state index is -1.10. The Balaban J connectivity index is 1.77. The number of amides is 2. The largest absolute Gasteiger partial charge is 0.493 e. The Bertz CT molecular complexity index is 1390. The number of carbonyl (C=O) groups is 2. The van der Waals surface area contributed by atoms with Gasteiger partial charge < -0.3 is 25.4 Å². The van der Waals surface area contributed by atoms with Crippen LogP contribution in [0.4, 0.5) is 8.78 Å². The van der Waals surface area contributed by atoms with Crippen molar-refractivity contribution in [3.05, 3.63) is 100 Å². The summed E-state index contributed by atoms with van der Waals surface area (Å²) in [5.74, 6) is -0.984. The molecular weight excluding hydrogens is 576 g/mol. The quantitative estimate of drug-likeness (QED) is 0.170. The summed E-state index contributed by atoms with van der Waals surface area (Å²) in [6.07, 6.45) is 0.518. The molecule has 0 aliphatic rings. The smallest absolute Gasteiger partial charge is 0.253 e. The SMILES string of the molecule is CCCN(CCC)C(=O)c1cc(C)cc(C(=O)N[C@@H](Cc2cc(F)cc(F)c2)[C@H](O)CNCc2cccc(OCC(C)C)c2)c1. The number of aliphatic hydroxyl groups is 1. The first-order chi connectivity index (χ1) is 21.5. The van der Waals surface area contributed by atoms with Crippen molar-refractivity contribution in [1.29, 1.82) is 0 Å². The Morgan fingerprint density at radius 1 is 0.911 bits per heavy atom. The fourth-order valence-electron chi connectivity index (χ4n) is 5.11. The highest BCUT2D eigenvalue weighted by Gasteiger charge is 2.24. The molecule has 0 bridgehead atoms. The number of hydrogen-bond acceptors (Lipinski definition) is 5. The van der Waals surface area contributed by atoms with Crippen LogP contribution in [0.25, 0.3) is 0 Å². The Morgan fingerprint density at radius 3 is 2.22 bits per heavy atom. The minimum absolute atomic E-state index is 0.0137. The van der Waals surface area contributed by atoms with Gasteiger partial charge in [-0.15, -0.1) is 0 Å². The third kappa shape index (κ3) is 11.6. The van der Waals surface area contributed by atoms with Gasteiger partial charge in [-0.25, -0.2) is 8.78 Å². The van der Waals surface area contributed by atoms with E-state index in [9.17, 15) is 23.5 Å². The van der Waals surface area contributed by atoms with E-state index >= 15 is 0 Å². The van der Waals surface area contributed by atoms with Crippen molar-refractivity contribution >= 4 is 11.8 Å². The van der Waals surface area contributed by atoms with Crippen molar-refractivity contribution in [1.82, 2.24) is 15.5 Å². The lowest BCUT2D eigenvalue weighted by Gasteiger charge is -2.25. The average molecular weight is 624 g/mol. The van der Waals surface area contributed by atoms with Crippen molar-refractivity contribution in [3.8, 4) is 5.75 Å². The zero-order valence-electron chi connectivity index (χ0n) is 27.0. The van der Waals surface area contributed by atoms with Crippen molar-refractivity contribution in [2.45, 2.75) is 72.6 Å². The summed E-state index contributed by atoms with van der Waals surface area (Å²) in [6.45, 7) is 12.3. The summed E-state index contributed by atoms with van der Waals surface area (Å²) in [4.78, 5) is 28.6. The Labute approximate surface area is 266 Å². The van der Waals surface area contributed by atoms with E-state index in [-0.39, 0.29) is 24.4 Å². The molecule has 0 aliphatic heterocycles. The first kappa shape index (κ1) is 35.7. The maximum absolute atomic E-state index is 14.0. The monoisotopic (exact) mass is 623 g/mol. The third-order valence-corrected chi connectivity index (χ3v) is 7.18. The van der Waals surface area contributed by atoms with Crippen LogP contribution in [0.5, 0.6) is 5.75 Å². The number of nitrogens with zero attached hydrogens (tertiary/aromatic N) is 1. The second-order valence-electron chi connectivity index (χ2n) is 12.0. The zero-order valence-corrected chi connectivity index (χ0v) is 27.0. The number of benzene rings is 3. The van der Waals surface area contributed by atoms with E-state index in [4.69, 9.17) is 4.74 Å². The summed E-state index contributed by atoms with van der Waals surface area (Å²) >= 11 is 0. The molecule has 3 rings (SSSR count). The lowest BCUT2D eigenvalue weighted by Crippen LogP contribution is -2.48. The molecule has 0 saturated heterocycles. The summed E-state index contributed by atoms with van der Waals surface area (Å²) in [7, 11) is 0. The van der Waals surface area contributed by atoms with Crippen LogP contribution in [-0.2, 0) is 13.0 Å². The Kier molecular flexibility index (Phi) is 14.0. The Morgan fingerprint density at radius 2 is 1.58 bits per heavy atom. The number of ether oxygens (including phenoxy) is 1. The molecule has 0 aromatic heterocycles. The van der Waals surface area contributed by atoms with Crippen LogP contribution in [0.15, 0.2) is 60.7 Å². The zero-order chi connectivity index (χ0) is 32.9. The number of nitrogens with one attached hydrogen (secondary N) is 2. The van der Waals surface area contributed by atoms with Crippen LogP contribution < -0.4 is 15.4 Å². The minimum Gasteiger partial charge on any atom is -0.493 e. The van der Waals surface area contributed by atoms with E-state index in [1.807, 2.05) is 45.0 Å². The van der Waals surface area contributed by atoms with Gasteiger partial charge in [0.1, 0.15) is 17.4 Å². The molecule has 7 nitrogen and oxygen atoms in total. The van der Waals surface area contributed by atoms with Gasteiger partial charge in [-0.2, -0.15) is 0 Å². The second kappa shape index (κ2) is 17.6. The molecule has 9 heteroatoms. The molecule has 0 heterocycles. The molecule has 0 fully saturated rings. The lowest BCUT2D eigenvalue weighted by atomic mass is 9.99. The predicted molar refractivity (Wildman–Crippen MR) is 173 cm³/mol. The van der Waals surface area contributed by atoms with Crippen LogP contribution in [-0.4, -0.2) is 60.2 Å². The molecule has 3 N–H and O–H groups in total. The lowest BCUT2D eigenvalue weighted by molar-refractivity contribution is 0.0755. The molecule has 0 spiro atoms. The summed E-state index contributed by atoms with van der Waals surface area (Å²) in [5, 5.41) is 17.3. The van der Waals surface area contributed by atoms with Crippen LogP contribution in [0.1, 0.15) is 77.9 Å². The normalized spacial score (nSPS) is 12.6. The molecule has 3 aromatic carbocycles. The van der Waals surface area contributed by atoms with Crippen LogP contribution in [0.3, 0.4) is 0 Å². The van der Waals surface area contributed by atoms with Crippen LogP contribution in [0.2, 0.25) is 0 Å². The standard InChI is InChI=1S/C36H47F2N3O4/c1-6-11-41(12-7-2)36(44)29-14-25(5)13-28(19-29)35(43)40-33(18-27-15-30(37)20-31(38)16-27)34(42)22-39-21-26-9-8-10-32(17-26)45-23-24(3)4/h8-10,13-17,19-20,24,33-34,39,42H,6-7,11-12,18,21-23H2,1-5H3,(H,40,43)/t33-,34+/m0/s1. The van der Waals surface area contributed by atoms with E-state index in [1.54, 1.807) is 23.1 Å². The van der Waals surface area contributed by atoms with Gasteiger partial charge in [0, 0.05) is 43.4 Å². The predicted octanol–water partition coefficient (Wildman–Crippen LogP) is 6.06. The van der Waals surface area contributed by atoms with Gasteiger partial charge in [0.2, 0.25) is 0 Å². The first-order valence-corrected chi connectivity index (χ1v) is 15.8. The highest BCUT2D eigenvalue weighted by molar-refractivity contribution is 6.00. The molecule has 0 saturated carbocycles. The van der Waals surface area contributed by atoms with Crippen molar-refractivity contribution in [3.63, 3.8) is 0 Å². The van der Waals surface area contributed by atoms with Gasteiger partial charge in [0.25, 0.3) is 11.8 Å². The molecule has 0 unspecified atom stereocenters. The molecular formula is C36H47F2N3O4. The number of carbonyl (C=O) groups excluding carboxylic acids is 2. The second-order valence-corrected chi connectivity index (χ2v) is 12.0. The fraction of sp³-hybridized carbons (Fsp3) is 0.444. The summed E-state index contributed by atoms with van der Waals surface area (Å²) in [5.41, 5.74) is 2.66. The average Bonchev–Trinajstić information content (AvgIpc) is 2.98. The van der Waals surface area contributed by atoms with Crippen molar-refractivity contribution < 1.29 is 28.2 Å². The topological polar surface area (TPSA) is 90.9 Å². The van der Waals surface area contributed by atoms with Crippen LogP contribution >= 0.6 is 0 Å². The van der Waals surface area contributed by atoms with Crippen molar-refractivity contribution in [2.75, 3.05) is 26.2 Å². The van der Waals surface area contributed by atoms with E-state index in [1.165, 1.54) is 12.1 Å². The summed E-state index contributed by atoms with van der Waals surface area (Å²) in [6, 6.07) is 14.9. The van der Waals surface area contributed by atoms with E-state index < -0.39 is 29.7 Å². The third-order valence-electron chi connectivity index (χ3n) is 7.18. The maximum atomic E-state index is 14.0. The maximum Gasteiger partial charge on any atom is 0.253 e. The molecule has 0 radical (unpaired) electrons. The number of halogens is 2. The van der Waals surface area contributed by atoms with Crippen molar-refractivity contribution in [2.24, 2.45) is 5.92 Å². The van der Waals surface area contributed by atoms with Gasteiger partial charge in [0.15, 0.2) is 0 Å². The highest BCUT2D eigenvalue weighted by Crippen LogP contribution is 2.17. The Hall–Kier alpha value is -3.82. The van der Waals surface area contributed by atoms with Gasteiger partial charge in [-0.05, 0) is 91.3 Å². The van der Waals surface area contributed by atoms with Crippen LogP contribution in [0, 0.1) is 24.5 Å². The van der Waals surface area contributed by atoms with Gasteiger partial charge >= 0.3 is 0 Å². The first-order valence-electron chi connectivity index (χ1n) is 15.8. The summed E-state index contributed by atoms with van der Waals surface area (Å²) < 4.78 is 33.8. The molecule has 244 valence electrons. The fourth-order valence-corrected chi connectivity index (χ4v) is 5.11. The number of hydrogen-bond donors (Lipinski definition) is 3. The molecule has 2 atom stereocenters. The number of aryl methyl sites for hydroxylation is 1.